The maximum absolute atomic E-state index is 9.03. The molecule has 0 radical (unpaired) electrons. The van der Waals surface area contributed by atoms with E-state index in [9.17, 15) is 0 Å². The van der Waals surface area contributed by atoms with Gasteiger partial charge in [-0.2, -0.15) is 0 Å². The fraction of sp³-hybridized carbons (Fsp3) is 0.455. The number of benzene rings is 1. The van der Waals surface area contributed by atoms with E-state index >= 15 is 0 Å². The van der Waals surface area contributed by atoms with Gasteiger partial charge in [0.1, 0.15) is 12.4 Å². The quantitative estimate of drug-likeness (QED) is 0.669. The average Bonchev–Trinajstić information content (AvgIpc) is 2.25. The minimum atomic E-state index is 0.0252. The van der Waals surface area contributed by atoms with Gasteiger partial charge in [-0.05, 0) is 12.6 Å². The second-order valence-corrected chi connectivity index (χ2v) is 2.97. The summed E-state index contributed by atoms with van der Waals surface area (Å²) < 4.78 is 5.51. The van der Waals surface area contributed by atoms with Crippen molar-refractivity contribution >= 4 is 0 Å². The van der Waals surface area contributed by atoms with Gasteiger partial charge in [-0.1, -0.05) is 25.1 Å². The van der Waals surface area contributed by atoms with E-state index in [1.54, 1.807) is 0 Å². The van der Waals surface area contributed by atoms with Gasteiger partial charge in [-0.3, -0.25) is 0 Å². The van der Waals surface area contributed by atoms with Crippen LogP contribution < -0.4 is 10.1 Å². The maximum Gasteiger partial charge on any atom is 0.124 e. The van der Waals surface area contributed by atoms with Gasteiger partial charge in [0, 0.05) is 12.1 Å². The minimum absolute atomic E-state index is 0.0252. The lowest BCUT2D eigenvalue weighted by Gasteiger charge is -2.09. The van der Waals surface area contributed by atoms with E-state index in [2.05, 4.69) is 12.2 Å². The van der Waals surface area contributed by atoms with Crippen molar-refractivity contribution in [3.63, 3.8) is 0 Å². The zero-order valence-corrected chi connectivity index (χ0v) is 8.49. The number of aliphatic hydroxyl groups is 1. The Hall–Kier alpha value is -1.06. The van der Waals surface area contributed by atoms with Gasteiger partial charge in [-0.25, -0.2) is 0 Å². The largest absolute Gasteiger partial charge is 0.492 e. The molecule has 1 aromatic carbocycles. The Kier molecular flexibility index (Phi) is 5.04. The van der Waals surface area contributed by atoms with E-state index in [4.69, 9.17) is 9.84 Å². The summed E-state index contributed by atoms with van der Waals surface area (Å²) in [4.78, 5) is 0. The highest BCUT2D eigenvalue weighted by Crippen LogP contribution is 2.17. The second kappa shape index (κ2) is 6.40. The van der Waals surface area contributed by atoms with Crippen LogP contribution in [0.1, 0.15) is 12.5 Å². The molecule has 3 heteroatoms. The van der Waals surface area contributed by atoms with Crippen LogP contribution in [0.5, 0.6) is 5.75 Å². The zero-order chi connectivity index (χ0) is 10.2. The molecule has 0 atom stereocenters. The summed E-state index contributed by atoms with van der Waals surface area (Å²) in [6.07, 6.45) is 0. The van der Waals surface area contributed by atoms with Gasteiger partial charge in [0.2, 0.25) is 0 Å². The predicted molar refractivity (Wildman–Crippen MR) is 56.4 cm³/mol. The fourth-order valence-electron chi connectivity index (χ4n) is 1.19. The molecule has 0 amide bonds. The summed E-state index contributed by atoms with van der Waals surface area (Å²) in [5, 5.41) is 12.2. The molecule has 0 bridgehead atoms. The first-order valence-electron chi connectivity index (χ1n) is 4.90. The zero-order valence-electron chi connectivity index (χ0n) is 8.49. The van der Waals surface area contributed by atoms with Crippen molar-refractivity contribution in [2.75, 3.05) is 19.7 Å². The Morgan fingerprint density at radius 1 is 1.36 bits per heavy atom. The molecule has 0 unspecified atom stereocenters. The van der Waals surface area contributed by atoms with E-state index < -0.39 is 0 Å². The molecule has 1 rings (SSSR count). The average molecular weight is 195 g/mol. The Balaban J connectivity index is 2.41. The van der Waals surface area contributed by atoms with Crippen molar-refractivity contribution in [2.24, 2.45) is 0 Å². The van der Waals surface area contributed by atoms with Gasteiger partial charge in [0.25, 0.3) is 0 Å². The molecule has 0 saturated carbocycles. The number of nitrogens with one attached hydrogen (secondary N) is 1. The predicted octanol–water partition coefficient (Wildman–Crippen LogP) is 1.17. The van der Waals surface area contributed by atoms with Crippen LogP contribution >= 0.6 is 0 Å². The first-order valence-corrected chi connectivity index (χ1v) is 4.90. The molecule has 14 heavy (non-hydrogen) atoms. The molecular formula is C11H17NO2. The molecule has 0 spiro atoms. The number of hydrogen-bond donors (Lipinski definition) is 2. The van der Waals surface area contributed by atoms with Crippen LogP contribution in [0.2, 0.25) is 0 Å². The molecule has 78 valence electrons. The number of rotatable bonds is 6. The van der Waals surface area contributed by atoms with E-state index in [0.717, 1.165) is 24.4 Å². The van der Waals surface area contributed by atoms with E-state index in [1.807, 2.05) is 24.3 Å². The molecule has 0 aromatic heterocycles. The summed E-state index contributed by atoms with van der Waals surface area (Å²) in [5.74, 6) is 0.771. The second-order valence-electron chi connectivity index (χ2n) is 2.97. The first-order chi connectivity index (χ1) is 6.88. The Bertz CT molecular complexity index is 263. The van der Waals surface area contributed by atoms with Gasteiger partial charge in [0.05, 0.1) is 6.61 Å². The molecule has 1 aromatic rings. The molecular weight excluding hydrogens is 178 g/mol. The fourth-order valence-corrected chi connectivity index (χ4v) is 1.19. The van der Waals surface area contributed by atoms with Crippen molar-refractivity contribution in [3.05, 3.63) is 29.8 Å². The molecule has 0 saturated heterocycles. The monoisotopic (exact) mass is 195 g/mol. The van der Waals surface area contributed by atoms with E-state index in [1.165, 1.54) is 0 Å². The summed E-state index contributed by atoms with van der Waals surface area (Å²) in [5.41, 5.74) is 0.837. The van der Waals surface area contributed by atoms with Gasteiger partial charge < -0.3 is 15.2 Å². The van der Waals surface area contributed by atoms with Crippen molar-refractivity contribution < 1.29 is 9.84 Å². The number of aliphatic hydroxyl groups excluding tert-OH is 1. The first kappa shape index (κ1) is 11.0. The van der Waals surface area contributed by atoms with Crippen LogP contribution in [0, 0.1) is 0 Å². The highest BCUT2D eigenvalue weighted by molar-refractivity contribution is 5.32. The van der Waals surface area contributed by atoms with Crippen LogP contribution in [-0.4, -0.2) is 24.8 Å². The summed E-state index contributed by atoms with van der Waals surface area (Å²) in [6.45, 7) is 4.49. The lowest BCUT2D eigenvalue weighted by Crippen LogP contribution is -2.20. The highest BCUT2D eigenvalue weighted by Gasteiger charge is 1.99. The molecule has 0 aliphatic heterocycles. The van der Waals surface area contributed by atoms with Crippen LogP contribution in [0.15, 0.2) is 24.3 Å². The van der Waals surface area contributed by atoms with Crippen LogP contribution in [-0.2, 0) is 6.61 Å². The van der Waals surface area contributed by atoms with E-state index in [0.29, 0.717) is 6.61 Å². The van der Waals surface area contributed by atoms with Gasteiger partial charge >= 0.3 is 0 Å². The molecule has 0 heterocycles. The van der Waals surface area contributed by atoms with Crippen molar-refractivity contribution in [1.82, 2.24) is 5.32 Å². The van der Waals surface area contributed by atoms with Crippen LogP contribution in [0.4, 0.5) is 0 Å². The lowest BCUT2D eigenvalue weighted by atomic mass is 10.2. The standard InChI is InChI=1S/C11H17NO2/c1-2-12-7-8-14-11-6-4-3-5-10(11)9-13/h3-6,12-13H,2,7-9H2,1H3. The lowest BCUT2D eigenvalue weighted by molar-refractivity contribution is 0.262. The topological polar surface area (TPSA) is 41.5 Å². The Morgan fingerprint density at radius 3 is 2.86 bits per heavy atom. The third-order valence-electron chi connectivity index (χ3n) is 1.93. The normalized spacial score (nSPS) is 10.1. The number of likely N-dealkylation sites (N-methyl/N-ethyl adjacent to an activating group) is 1. The van der Waals surface area contributed by atoms with Gasteiger partial charge in [0.15, 0.2) is 0 Å². The highest BCUT2D eigenvalue weighted by atomic mass is 16.5. The number of hydrogen-bond acceptors (Lipinski definition) is 3. The molecule has 3 nitrogen and oxygen atoms in total. The summed E-state index contributed by atoms with van der Waals surface area (Å²) in [7, 11) is 0. The molecule has 0 fully saturated rings. The summed E-state index contributed by atoms with van der Waals surface area (Å²) in [6, 6.07) is 7.53. The smallest absolute Gasteiger partial charge is 0.124 e. The van der Waals surface area contributed by atoms with Crippen molar-refractivity contribution in [3.8, 4) is 5.75 Å². The third-order valence-corrected chi connectivity index (χ3v) is 1.93. The number of ether oxygens (including phenoxy) is 1. The van der Waals surface area contributed by atoms with E-state index in [-0.39, 0.29) is 6.61 Å². The number of para-hydroxylation sites is 1. The Morgan fingerprint density at radius 2 is 2.14 bits per heavy atom. The van der Waals surface area contributed by atoms with Crippen LogP contribution in [0.3, 0.4) is 0 Å². The Labute approximate surface area is 84.7 Å². The molecule has 0 aliphatic carbocycles. The van der Waals surface area contributed by atoms with Gasteiger partial charge in [-0.15, -0.1) is 0 Å². The molecule has 2 N–H and O–H groups in total. The maximum atomic E-state index is 9.03. The van der Waals surface area contributed by atoms with Crippen LogP contribution in [0.25, 0.3) is 0 Å². The minimum Gasteiger partial charge on any atom is -0.492 e. The third kappa shape index (κ3) is 3.36. The SMILES string of the molecule is CCNCCOc1ccccc1CO. The molecule has 0 aliphatic rings. The summed E-state index contributed by atoms with van der Waals surface area (Å²) >= 11 is 0. The van der Waals surface area contributed by atoms with Crippen molar-refractivity contribution in [2.45, 2.75) is 13.5 Å². The van der Waals surface area contributed by atoms with Crippen molar-refractivity contribution in [1.29, 1.82) is 0 Å².